The largest absolute Gasteiger partial charge is 0.507 e. The fourth-order valence-corrected chi connectivity index (χ4v) is 15.3. The van der Waals surface area contributed by atoms with Crippen molar-refractivity contribution in [1.29, 1.82) is 0 Å². The van der Waals surface area contributed by atoms with Crippen molar-refractivity contribution in [3.63, 3.8) is 0 Å². The lowest BCUT2D eigenvalue weighted by Gasteiger charge is -2.34. The number of phenols is 2. The van der Waals surface area contributed by atoms with Gasteiger partial charge in [-0.2, -0.15) is 0 Å². The van der Waals surface area contributed by atoms with E-state index in [0.29, 0.717) is 33.8 Å². The molecule has 0 atom stereocenters. The van der Waals surface area contributed by atoms with Crippen molar-refractivity contribution in [2.75, 3.05) is 13.2 Å². The first-order chi connectivity index (χ1) is 38.0. The quantitative estimate of drug-likeness (QED) is 0.101. The van der Waals surface area contributed by atoms with E-state index in [9.17, 15) is 10.2 Å². The van der Waals surface area contributed by atoms with Crippen molar-refractivity contribution in [2.24, 2.45) is 16.7 Å². The van der Waals surface area contributed by atoms with Gasteiger partial charge in [0.2, 0.25) is 0 Å². The van der Waals surface area contributed by atoms with Crippen LogP contribution in [0.4, 0.5) is 8.78 Å². The number of fused-ring (bicyclic) bond motifs is 4. The monoisotopic (exact) mass is 1080 g/mol. The van der Waals surface area contributed by atoms with E-state index in [2.05, 4.69) is 113 Å². The molecule has 0 spiro atoms. The number of benzene rings is 6. The van der Waals surface area contributed by atoms with Crippen molar-refractivity contribution >= 4 is 0 Å². The van der Waals surface area contributed by atoms with Crippen LogP contribution in [-0.4, -0.2) is 23.4 Å². The first kappa shape index (κ1) is 57.6. The lowest BCUT2D eigenvalue weighted by Crippen LogP contribution is -2.25. The standard InChI is InChI=1S/C74H92F2O4/c1-12-21-46(42-79-65-32-30-53(75)40-59(65)61-36-51(73(8,9)44-71(2,3)4)38-63(69(61)77)67-55-26-17-13-22-47(55)34-48-23-14-18-27-56(48)67)43-80-66-33-31-54(76)41-60(66)62-37-52(74(10,11)45-72(5,6)7)39-64(70(62)78)68-57-28-19-15-24-49(57)35-50-25-16-20-29-58(50)68/h30-41,46,77-78H,12-29,42-45H2,1-11H3. The maximum absolute atomic E-state index is 15.9. The molecule has 0 heterocycles. The molecule has 6 aromatic carbocycles. The summed E-state index contributed by atoms with van der Waals surface area (Å²) in [5.74, 6) is 0.427. The normalized spacial score (nSPS) is 15.8. The van der Waals surface area contributed by atoms with Gasteiger partial charge in [-0.25, -0.2) is 8.78 Å². The van der Waals surface area contributed by atoms with Crippen LogP contribution in [0.2, 0.25) is 0 Å². The highest BCUT2D eigenvalue weighted by molar-refractivity contribution is 5.90. The highest BCUT2D eigenvalue weighted by Crippen LogP contribution is 2.53. The topological polar surface area (TPSA) is 58.9 Å². The maximum atomic E-state index is 15.9. The predicted molar refractivity (Wildman–Crippen MR) is 328 cm³/mol. The van der Waals surface area contributed by atoms with Crippen LogP contribution in [-0.2, 0) is 62.2 Å². The summed E-state index contributed by atoms with van der Waals surface area (Å²) < 4.78 is 45.5. The van der Waals surface area contributed by atoms with Crippen LogP contribution >= 0.6 is 0 Å². The molecule has 0 aliphatic heterocycles. The molecule has 0 bridgehead atoms. The van der Waals surface area contributed by atoms with E-state index < -0.39 is 11.6 Å². The summed E-state index contributed by atoms with van der Waals surface area (Å²) in [6, 6.07) is 23.0. The van der Waals surface area contributed by atoms with E-state index in [1.54, 1.807) is 12.1 Å². The Morgan fingerprint density at radius 2 is 0.750 bits per heavy atom. The fourth-order valence-electron chi connectivity index (χ4n) is 15.3. The molecule has 4 aliphatic carbocycles. The molecule has 0 saturated heterocycles. The Kier molecular flexibility index (Phi) is 16.5. The van der Waals surface area contributed by atoms with Gasteiger partial charge in [0.1, 0.15) is 34.6 Å². The molecule has 0 radical (unpaired) electrons. The molecular formula is C74H92F2O4. The van der Waals surface area contributed by atoms with Gasteiger partial charge < -0.3 is 19.7 Å². The Bertz CT molecular complexity index is 2990. The Morgan fingerprint density at radius 3 is 1.07 bits per heavy atom. The number of hydrogen-bond acceptors (Lipinski definition) is 4. The van der Waals surface area contributed by atoms with Gasteiger partial charge in [0.25, 0.3) is 0 Å². The van der Waals surface area contributed by atoms with Gasteiger partial charge in [0, 0.05) is 39.3 Å². The molecule has 0 saturated carbocycles. The summed E-state index contributed by atoms with van der Waals surface area (Å²) in [6.45, 7) is 25.5. The zero-order valence-electron chi connectivity index (χ0n) is 50.5. The van der Waals surface area contributed by atoms with Crippen LogP contribution in [0.25, 0.3) is 44.5 Å². The van der Waals surface area contributed by atoms with E-state index in [-0.39, 0.29) is 52.3 Å². The van der Waals surface area contributed by atoms with E-state index in [4.69, 9.17) is 9.47 Å². The molecule has 6 aromatic rings. The van der Waals surface area contributed by atoms with Crippen LogP contribution in [0.3, 0.4) is 0 Å². The number of rotatable bonds is 16. The Labute approximate surface area is 479 Å². The highest BCUT2D eigenvalue weighted by atomic mass is 19.1. The van der Waals surface area contributed by atoms with E-state index in [1.165, 1.54) is 106 Å². The zero-order chi connectivity index (χ0) is 56.9. The third-order valence-electron chi connectivity index (χ3n) is 18.3. The number of aromatic hydroxyl groups is 2. The number of halogens is 2. The summed E-state index contributed by atoms with van der Waals surface area (Å²) in [4.78, 5) is 0. The van der Waals surface area contributed by atoms with Gasteiger partial charge in [0.15, 0.2) is 0 Å². The van der Waals surface area contributed by atoms with E-state index in [0.717, 1.165) is 125 Å². The number of phenolic OH excluding ortho intramolecular Hbond substituents is 2. The smallest absolute Gasteiger partial charge is 0.131 e. The first-order valence-corrected chi connectivity index (χ1v) is 30.9. The Balaban J connectivity index is 1.02. The molecule has 80 heavy (non-hydrogen) atoms. The van der Waals surface area contributed by atoms with Crippen LogP contribution < -0.4 is 9.47 Å². The third-order valence-corrected chi connectivity index (χ3v) is 18.3. The molecule has 6 heteroatoms. The van der Waals surface area contributed by atoms with Crippen molar-refractivity contribution in [1.82, 2.24) is 0 Å². The lowest BCUT2D eigenvalue weighted by molar-refractivity contribution is 0.169. The second-order valence-electron chi connectivity index (χ2n) is 28.5. The second-order valence-corrected chi connectivity index (χ2v) is 28.5. The zero-order valence-corrected chi connectivity index (χ0v) is 50.5. The van der Waals surface area contributed by atoms with Gasteiger partial charge in [-0.1, -0.05) is 94.7 Å². The second kappa shape index (κ2) is 23.0. The van der Waals surface area contributed by atoms with Crippen LogP contribution in [0.15, 0.2) is 72.8 Å². The average Bonchev–Trinajstić information content (AvgIpc) is 3.52. The minimum Gasteiger partial charge on any atom is -0.507 e. The number of aryl methyl sites for hydroxylation is 4. The molecule has 0 amide bonds. The number of ether oxygens (including phenoxy) is 2. The van der Waals surface area contributed by atoms with Gasteiger partial charge in [0.05, 0.1) is 13.2 Å². The van der Waals surface area contributed by atoms with Gasteiger partial charge >= 0.3 is 0 Å². The lowest BCUT2D eigenvalue weighted by atomic mass is 9.70. The van der Waals surface area contributed by atoms with Gasteiger partial charge in [-0.05, 0) is 271 Å². The molecular weight excluding hydrogens is 991 g/mol. The Hall–Kier alpha value is -5.62. The van der Waals surface area contributed by atoms with Crippen molar-refractivity contribution in [2.45, 2.75) is 215 Å². The molecule has 0 aromatic heterocycles. The highest BCUT2D eigenvalue weighted by Gasteiger charge is 2.35. The van der Waals surface area contributed by atoms with Gasteiger partial charge in [-0.15, -0.1) is 0 Å². The van der Waals surface area contributed by atoms with Crippen molar-refractivity contribution in [3.8, 4) is 67.5 Å². The molecule has 10 rings (SSSR count). The summed E-state index contributed by atoms with van der Waals surface area (Å²) in [5, 5.41) is 25.8. The molecule has 426 valence electrons. The average molecular weight is 1080 g/mol. The van der Waals surface area contributed by atoms with Gasteiger partial charge in [-0.3, -0.25) is 0 Å². The predicted octanol–water partition coefficient (Wildman–Crippen LogP) is 19.9. The summed E-state index contributed by atoms with van der Waals surface area (Å²) in [7, 11) is 0. The minimum absolute atomic E-state index is 0.0303. The SMILES string of the molecule is CCCC(COc1ccc(F)cc1-c1cc(C(C)(C)CC(C)(C)C)cc(-c2c3c(cc4c2CCCC4)CCCC3)c1O)COc1ccc(F)cc1-c1cc(C(C)(C)CC(C)(C)C)cc(-c2c3c(cc4c2CCCC4)CCCC3)c1O. The van der Waals surface area contributed by atoms with Crippen molar-refractivity contribution < 1.29 is 28.5 Å². The summed E-state index contributed by atoms with van der Waals surface area (Å²) >= 11 is 0. The van der Waals surface area contributed by atoms with Crippen molar-refractivity contribution in [3.05, 3.63) is 140 Å². The van der Waals surface area contributed by atoms with E-state index >= 15 is 8.78 Å². The summed E-state index contributed by atoms with van der Waals surface area (Å²) in [6.07, 6.45) is 20.8. The molecule has 4 nitrogen and oxygen atoms in total. The molecule has 2 N–H and O–H groups in total. The van der Waals surface area contributed by atoms with Crippen LogP contribution in [0, 0.1) is 28.4 Å². The molecule has 0 fully saturated rings. The molecule has 0 unspecified atom stereocenters. The third kappa shape index (κ3) is 12.3. The maximum Gasteiger partial charge on any atom is 0.131 e. The van der Waals surface area contributed by atoms with E-state index in [1.807, 2.05) is 0 Å². The summed E-state index contributed by atoms with van der Waals surface area (Å²) in [5.41, 5.74) is 19.2. The minimum atomic E-state index is -0.399. The van der Waals surface area contributed by atoms with Crippen LogP contribution in [0.1, 0.15) is 209 Å². The number of hydrogen-bond donors (Lipinski definition) is 2. The Morgan fingerprint density at radius 1 is 0.425 bits per heavy atom. The fraction of sp³-hybridized carbons (Fsp3) is 0.514. The first-order valence-electron chi connectivity index (χ1n) is 30.9. The molecule has 4 aliphatic rings. The van der Waals surface area contributed by atoms with Crippen LogP contribution in [0.5, 0.6) is 23.0 Å².